The summed E-state index contributed by atoms with van der Waals surface area (Å²) in [6, 6.07) is 0.187. The van der Waals surface area contributed by atoms with Gasteiger partial charge in [-0.15, -0.1) is 0 Å². The minimum Gasteiger partial charge on any atom is -0.344 e. The third kappa shape index (κ3) is 4.63. The van der Waals surface area contributed by atoms with Crippen LogP contribution in [0.15, 0.2) is 17.1 Å². The van der Waals surface area contributed by atoms with E-state index < -0.39 is 0 Å². The van der Waals surface area contributed by atoms with E-state index in [1.807, 2.05) is 26.1 Å². The molecular formula is C9H15Cl2N3. The van der Waals surface area contributed by atoms with Gasteiger partial charge in [0.15, 0.2) is 0 Å². The van der Waals surface area contributed by atoms with Gasteiger partial charge in [0.05, 0.1) is 0 Å². The van der Waals surface area contributed by atoms with E-state index in [4.69, 9.17) is 28.6 Å². The Morgan fingerprint density at radius 1 is 1.57 bits per heavy atom. The summed E-state index contributed by atoms with van der Waals surface area (Å²) in [5.74, 6) is 0. The summed E-state index contributed by atoms with van der Waals surface area (Å²) in [7, 11) is 1.82. The molecule has 0 heterocycles. The lowest BCUT2D eigenvalue weighted by Gasteiger charge is -2.24. The summed E-state index contributed by atoms with van der Waals surface area (Å²) in [5, 5.41) is 6.89. The zero-order valence-corrected chi connectivity index (χ0v) is 10.1. The molecule has 80 valence electrons. The van der Waals surface area contributed by atoms with Gasteiger partial charge in [-0.05, 0) is 36.5 Å². The van der Waals surface area contributed by atoms with Crippen LogP contribution in [0.1, 0.15) is 20.3 Å². The van der Waals surface area contributed by atoms with Crippen molar-refractivity contribution in [3.8, 4) is 0 Å². The fourth-order valence-electron chi connectivity index (χ4n) is 1.06. The summed E-state index contributed by atoms with van der Waals surface area (Å²) in [6.45, 7) is 4.00. The molecule has 0 aromatic carbocycles. The quantitative estimate of drug-likeness (QED) is 0.348. The van der Waals surface area contributed by atoms with Crippen LogP contribution >= 0.6 is 23.2 Å². The average molecular weight is 236 g/mol. The van der Waals surface area contributed by atoms with Crippen molar-refractivity contribution in [1.29, 1.82) is 5.41 Å². The standard InChI is InChI=1S/C9H15Cl2N3/c1-4-6-7(5-2)14(3)9(11)13-8(10)12/h4,6-7,12H,5H2,1-3H3. The van der Waals surface area contributed by atoms with Crippen molar-refractivity contribution >= 4 is 33.8 Å². The van der Waals surface area contributed by atoms with E-state index in [1.54, 1.807) is 4.90 Å². The molecule has 0 radical (unpaired) electrons. The molecule has 0 aliphatic carbocycles. The van der Waals surface area contributed by atoms with Crippen LogP contribution in [0.4, 0.5) is 0 Å². The fraction of sp³-hybridized carbons (Fsp3) is 0.556. The molecule has 0 fully saturated rings. The number of amidine groups is 2. The van der Waals surface area contributed by atoms with Crippen molar-refractivity contribution in [3.63, 3.8) is 0 Å². The molecule has 1 atom stereocenters. The topological polar surface area (TPSA) is 39.5 Å². The van der Waals surface area contributed by atoms with E-state index >= 15 is 0 Å². The van der Waals surface area contributed by atoms with Gasteiger partial charge in [0, 0.05) is 13.1 Å². The lowest BCUT2D eigenvalue weighted by molar-refractivity contribution is 0.422. The van der Waals surface area contributed by atoms with Crippen LogP contribution in [0.5, 0.6) is 0 Å². The highest BCUT2D eigenvalue weighted by atomic mass is 35.5. The van der Waals surface area contributed by atoms with Gasteiger partial charge in [-0.1, -0.05) is 19.1 Å². The van der Waals surface area contributed by atoms with Gasteiger partial charge < -0.3 is 4.90 Å². The number of hydrogen-bond acceptors (Lipinski definition) is 1. The maximum Gasteiger partial charge on any atom is 0.217 e. The predicted molar refractivity (Wildman–Crippen MR) is 63.5 cm³/mol. The summed E-state index contributed by atoms with van der Waals surface area (Å²) in [6.07, 6.45) is 4.90. The fourth-order valence-corrected chi connectivity index (χ4v) is 1.39. The molecule has 0 rings (SSSR count). The Kier molecular flexibility index (Phi) is 6.58. The van der Waals surface area contributed by atoms with Gasteiger partial charge in [0.25, 0.3) is 0 Å². The monoisotopic (exact) mass is 235 g/mol. The van der Waals surface area contributed by atoms with Crippen LogP contribution < -0.4 is 0 Å². The van der Waals surface area contributed by atoms with E-state index in [2.05, 4.69) is 11.9 Å². The number of allylic oxidation sites excluding steroid dienone is 1. The number of nitrogens with zero attached hydrogens (tertiary/aromatic N) is 2. The number of likely N-dealkylation sites (N-methyl/N-ethyl adjacent to an activating group) is 1. The molecule has 0 bridgehead atoms. The molecule has 1 unspecified atom stereocenters. The number of halogens is 2. The zero-order chi connectivity index (χ0) is 11.1. The van der Waals surface area contributed by atoms with Crippen molar-refractivity contribution in [2.45, 2.75) is 26.3 Å². The number of rotatable bonds is 3. The average Bonchev–Trinajstić information content (AvgIpc) is 2.12. The van der Waals surface area contributed by atoms with E-state index in [1.165, 1.54) is 0 Å². The van der Waals surface area contributed by atoms with E-state index in [-0.39, 0.29) is 16.6 Å². The maximum absolute atomic E-state index is 6.97. The molecule has 0 saturated heterocycles. The summed E-state index contributed by atoms with van der Waals surface area (Å²) >= 11 is 11.2. The van der Waals surface area contributed by atoms with Crippen molar-refractivity contribution < 1.29 is 0 Å². The number of hydrogen-bond donors (Lipinski definition) is 1. The van der Waals surface area contributed by atoms with Crippen LogP contribution in [0, 0.1) is 5.41 Å². The highest BCUT2D eigenvalue weighted by molar-refractivity contribution is 6.70. The van der Waals surface area contributed by atoms with E-state index in [0.29, 0.717) is 0 Å². The van der Waals surface area contributed by atoms with Gasteiger partial charge in [0.2, 0.25) is 10.6 Å². The molecular weight excluding hydrogens is 221 g/mol. The minimum atomic E-state index is -0.308. The summed E-state index contributed by atoms with van der Waals surface area (Å²) in [5.41, 5.74) is 0. The molecule has 3 nitrogen and oxygen atoms in total. The first-order chi connectivity index (χ1) is 6.52. The van der Waals surface area contributed by atoms with Crippen LogP contribution in [0.2, 0.25) is 0 Å². The predicted octanol–water partition coefficient (Wildman–Crippen LogP) is 3.04. The lowest BCUT2D eigenvalue weighted by Crippen LogP contribution is -2.32. The maximum atomic E-state index is 6.97. The number of nitrogens with one attached hydrogen (secondary N) is 1. The van der Waals surface area contributed by atoms with Gasteiger partial charge >= 0.3 is 0 Å². The Morgan fingerprint density at radius 2 is 2.14 bits per heavy atom. The van der Waals surface area contributed by atoms with Crippen molar-refractivity contribution in [2.75, 3.05) is 7.05 Å². The SMILES string of the molecule is CC=CC(CC)N(C)C(Cl)=NC(=N)Cl. The van der Waals surface area contributed by atoms with E-state index in [9.17, 15) is 0 Å². The Morgan fingerprint density at radius 3 is 2.50 bits per heavy atom. The Hall–Kier alpha value is -0.540. The van der Waals surface area contributed by atoms with Crippen LogP contribution in [0.25, 0.3) is 0 Å². The molecule has 0 amide bonds. The molecule has 5 heteroatoms. The molecule has 0 saturated carbocycles. The van der Waals surface area contributed by atoms with Gasteiger partial charge in [-0.25, -0.2) is 0 Å². The normalized spacial score (nSPS) is 14.5. The molecule has 14 heavy (non-hydrogen) atoms. The Balaban J connectivity index is 4.56. The van der Waals surface area contributed by atoms with Gasteiger partial charge in [0.1, 0.15) is 0 Å². The Bertz CT molecular complexity index is 248. The van der Waals surface area contributed by atoms with Crippen molar-refractivity contribution in [1.82, 2.24) is 4.90 Å². The highest BCUT2D eigenvalue weighted by Crippen LogP contribution is 2.07. The Labute approximate surface area is 94.9 Å². The first-order valence-corrected chi connectivity index (χ1v) is 5.12. The zero-order valence-electron chi connectivity index (χ0n) is 8.59. The van der Waals surface area contributed by atoms with Crippen LogP contribution in [-0.4, -0.2) is 28.6 Å². The lowest BCUT2D eigenvalue weighted by atomic mass is 10.2. The van der Waals surface area contributed by atoms with E-state index in [0.717, 1.165) is 6.42 Å². The summed E-state index contributed by atoms with van der Waals surface area (Å²) < 4.78 is 0. The van der Waals surface area contributed by atoms with Crippen LogP contribution in [-0.2, 0) is 0 Å². The van der Waals surface area contributed by atoms with Crippen molar-refractivity contribution in [3.05, 3.63) is 12.2 Å². The first kappa shape index (κ1) is 13.5. The second-order valence-electron chi connectivity index (χ2n) is 2.78. The van der Waals surface area contributed by atoms with Gasteiger partial charge in [-0.3, -0.25) is 5.41 Å². The third-order valence-corrected chi connectivity index (χ3v) is 2.25. The molecule has 0 spiro atoms. The molecule has 0 aromatic rings. The second-order valence-corrected chi connectivity index (χ2v) is 3.48. The molecule has 1 N–H and O–H groups in total. The largest absolute Gasteiger partial charge is 0.344 e. The minimum absolute atomic E-state index is 0.187. The van der Waals surface area contributed by atoms with Crippen molar-refractivity contribution in [2.24, 2.45) is 4.99 Å². The number of aliphatic imine (C=N–C) groups is 1. The van der Waals surface area contributed by atoms with Crippen LogP contribution in [0.3, 0.4) is 0 Å². The smallest absolute Gasteiger partial charge is 0.217 e. The summed E-state index contributed by atoms with van der Waals surface area (Å²) in [4.78, 5) is 5.43. The first-order valence-electron chi connectivity index (χ1n) is 4.36. The molecule has 0 aliphatic rings. The van der Waals surface area contributed by atoms with Gasteiger partial charge in [-0.2, -0.15) is 4.99 Å². The third-order valence-electron chi connectivity index (χ3n) is 1.81. The molecule has 0 aliphatic heterocycles. The second kappa shape index (κ2) is 6.85. The molecule has 0 aromatic heterocycles. The highest BCUT2D eigenvalue weighted by Gasteiger charge is 2.12.